The van der Waals surface area contributed by atoms with Crippen LogP contribution >= 0.6 is 0 Å². The van der Waals surface area contributed by atoms with Gasteiger partial charge in [0.15, 0.2) is 5.82 Å². The lowest BCUT2D eigenvalue weighted by molar-refractivity contribution is 0.423. The van der Waals surface area contributed by atoms with Gasteiger partial charge in [-0.3, -0.25) is 0 Å². The first-order chi connectivity index (χ1) is 6.27. The fourth-order valence-corrected chi connectivity index (χ4v) is 1.19. The van der Waals surface area contributed by atoms with Gasteiger partial charge in [0, 0.05) is 0 Å². The summed E-state index contributed by atoms with van der Waals surface area (Å²) in [6.45, 7) is 2.04. The van der Waals surface area contributed by atoms with Crippen molar-refractivity contribution < 1.29 is 4.52 Å². The predicted molar refractivity (Wildman–Crippen MR) is 51.1 cm³/mol. The molecule has 0 spiro atoms. The van der Waals surface area contributed by atoms with Gasteiger partial charge in [-0.25, -0.2) is 0 Å². The molecule has 0 unspecified atom stereocenters. The van der Waals surface area contributed by atoms with Crippen LogP contribution in [0, 0.1) is 6.92 Å². The maximum absolute atomic E-state index is 5.61. The van der Waals surface area contributed by atoms with Gasteiger partial charge in [-0.1, -0.05) is 35.0 Å². The van der Waals surface area contributed by atoms with Gasteiger partial charge >= 0.3 is 0 Å². The molecule has 1 aromatic carbocycles. The number of rotatable bonds is 1. The Morgan fingerprint density at radius 1 is 1.23 bits per heavy atom. The minimum absolute atomic E-state index is 0.434. The summed E-state index contributed by atoms with van der Waals surface area (Å²) < 4.78 is 4.75. The first-order valence-electron chi connectivity index (χ1n) is 4.04. The average molecular weight is 174 g/mol. The molecule has 0 amide bonds. The Kier molecular flexibility index (Phi) is 1.77. The summed E-state index contributed by atoms with van der Waals surface area (Å²) >= 11 is 0. The van der Waals surface area contributed by atoms with E-state index in [2.05, 4.69) is 5.16 Å². The normalized spacial score (nSPS) is 10.2. The zero-order valence-corrected chi connectivity index (χ0v) is 7.32. The van der Waals surface area contributed by atoms with Crippen molar-refractivity contribution in [3.8, 4) is 11.1 Å². The first-order valence-corrected chi connectivity index (χ1v) is 4.04. The van der Waals surface area contributed by atoms with E-state index in [0.29, 0.717) is 5.82 Å². The second kappa shape index (κ2) is 2.94. The highest BCUT2D eigenvalue weighted by Crippen LogP contribution is 2.24. The van der Waals surface area contributed by atoms with Crippen molar-refractivity contribution in [1.29, 1.82) is 0 Å². The van der Waals surface area contributed by atoms with Crippen LogP contribution in [0.1, 0.15) is 5.56 Å². The number of hydrogen-bond acceptors (Lipinski definition) is 3. The molecule has 0 atom stereocenters. The molecule has 1 aromatic heterocycles. The fraction of sp³-hybridized carbons (Fsp3) is 0.100. The van der Waals surface area contributed by atoms with Gasteiger partial charge in [0.25, 0.3) is 0 Å². The van der Waals surface area contributed by atoms with Crippen molar-refractivity contribution in [2.45, 2.75) is 6.92 Å². The Balaban J connectivity index is 2.47. The van der Waals surface area contributed by atoms with Gasteiger partial charge in [0.1, 0.15) is 6.26 Å². The third-order valence-electron chi connectivity index (χ3n) is 1.96. The van der Waals surface area contributed by atoms with Crippen LogP contribution in [0.15, 0.2) is 35.1 Å². The zero-order chi connectivity index (χ0) is 9.26. The molecule has 0 fully saturated rings. The SMILES string of the molecule is Cc1ccc(-c2conc2N)cc1. The molecule has 3 heteroatoms. The van der Waals surface area contributed by atoms with E-state index >= 15 is 0 Å². The smallest absolute Gasteiger partial charge is 0.174 e. The summed E-state index contributed by atoms with van der Waals surface area (Å²) in [7, 11) is 0. The van der Waals surface area contributed by atoms with Gasteiger partial charge in [-0.05, 0) is 12.5 Å². The largest absolute Gasteiger partial charge is 0.380 e. The lowest BCUT2D eigenvalue weighted by atomic mass is 10.1. The number of nitrogens with zero attached hydrogens (tertiary/aromatic N) is 1. The quantitative estimate of drug-likeness (QED) is 0.721. The summed E-state index contributed by atoms with van der Waals surface area (Å²) in [5, 5.41) is 3.62. The van der Waals surface area contributed by atoms with Gasteiger partial charge in [0.05, 0.1) is 5.56 Å². The van der Waals surface area contributed by atoms with Gasteiger partial charge in [-0.15, -0.1) is 0 Å². The van der Waals surface area contributed by atoms with Crippen LogP contribution in [0.3, 0.4) is 0 Å². The molecule has 0 saturated carbocycles. The van der Waals surface area contributed by atoms with E-state index in [0.717, 1.165) is 11.1 Å². The van der Waals surface area contributed by atoms with Crippen molar-refractivity contribution in [3.05, 3.63) is 36.1 Å². The topological polar surface area (TPSA) is 52.0 Å². The Hall–Kier alpha value is -1.77. The van der Waals surface area contributed by atoms with E-state index in [1.165, 1.54) is 5.56 Å². The molecule has 1 heterocycles. The number of aromatic nitrogens is 1. The minimum atomic E-state index is 0.434. The van der Waals surface area contributed by atoms with Crippen LogP contribution in [0.25, 0.3) is 11.1 Å². The Morgan fingerprint density at radius 3 is 2.46 bits per heavy atom. The molecule has 0 radical (unpaired) electrons. The summed E-state index contributed by atoms with van der Waals surface area (Å²) in [5.74, 6) is 0.434. The number of nitrogen functional groups attached to an aromatic ring is 1. The summed E-state index contributed by atoms with van der Waals surface area (Å²) in [6.07, 6.45) is 1.56. The maximum Gasteiger partial charge on any atom is 0.174 e. The first kappa shape index (κ1) is 7.86. The molecule has 66 valence electrons. The van der Waals surface area contributed by atoms with E-state index in [-0.39, 0.29) is 0 Å². The maximum atomic E-state index is 5.61. The van der Waals surface area contributed by atoms with E-state index in [1.807, 2.05) is 31.2 Å². The second-order valence-electron chi connectivity index (χ2n) is 2.98. The van der Waals surface area contributed by atoms with Gasteiger partial charge in [0.2, 0.25) is 0 Å². The van der Waals surface area contributed by atoms with E-state index in [1.54, 1.807) is 6.26 Å². The molecule has 0 saturated heterocycles. The van der Waals surface area contributed by atoms with E-state index < -0.39 is 0 Å². The summed E-state index contributed by atoms with van der Waals surface area (Å²) in [4.78, 5) is 0. The van der Waals surface area contributed by atoms with Crippen molar-refractivity contribution in [2.75, 3.05) is 5.73 Å². The van der Waals surface area contributed by atoms with Crippen molar-refractivity contribution >= 4 is 5.82 Å². The third-order valence-corrected chi connectivity index (χ3v) is 1.96. The molecular weight excluding hydrogens is 164 g/mol. The van der Waals surface area contributed by atoms with Crippen LogP contribution in [0.2, 0.25) is 0 Å². The molecule has 0 bridgehead atoms. The number of nitrogens with two attached hydrogens (primary N) is 1. The molecule has 0 aliphatic carbocycles. The Labute approximate surface area is 76.2 Å². The molecule has 13 heavy (non-hydrogen) atoms. The predicted octanol–water partition coefficient (Wildman–Crippen LogP) is 2.23. The molecule has 2 N–H and O–H groups in total. The zero-order valence-electron chi connectivity index (χ0n) is 7.32. The number of hydrogen-bond donors (Lipinski definition) is 1. The molecule has 2 aromatic rings. The van der Waals surface area contributed by atoms with Crippen LogP contribution in [-0.2, 0) is 0 Å². The highest BCUT2D eigenvalue weighted by atomic mass is 16.5. The monoisotopic (exact) mass is 174 g/mol. The highest BCUT2D eigenvalue weighted by Gasteiger charge is 2.05. The molecule has 3 nitrogen and oxygen atoms in total. The Morgan fingerprint density at radius 2 is 1.92 bits per heavy atom. The lowest BCUT2D eigenvalue weighted by Gasteiger charge is -1.97. The Bertz CT molecular complexity index is 403. The number of aryl methyl sites for hydroxylation is 1. The van der Waals surface area contributed by atoms with Crippen molar-refractivity contribution in [1.82, 2.24) is 5.16 Å². The summed E-state index contributed by atoms with van der Waals surface area (Å²) in [6, 6.07) is 8.06. The number of benzene rings is 1. The molecular formula is C10H10N2O. The van der Waals surface area contributed by atoms with Gasteiger partial charge in [-0.2, -0.15) is 0 Å². The standard InChI is InChI=1S/C10H10N2O/c1-7-2-4-8(5-3-7)9-6-13-12-10(9)11/h2-6H,1H3,(H2,11,12). The molecule has 0 aliphatic rings. The van der Waals surface area contributed by atoms with E-state index in [4.69, 9.17) is 10.3 Å². The molecule has 0 aliphatic heterocycles. The molecule has 2 rings (SSSR count). The van der Waals surface area contributed by atoms with Crippen LogP contribution < -0.4 is 5.73 Å². The second-order valence-corrected chi connectivity index (χ2v) is 2.98. The van der Waals surface area contributed by atoms with Crippen LogP contribution in [0.4, 0.5) is 5.82 Å². The van der Waals surface area contributed by atoms with E-state index in [9.17, 15) is 0 Å². The fourth-order valence-electron chi connectivity index (χ4n) is 1.19. The van der Waals surface area contributed by atoms with Crippen LogP contribution in [-0.4, -0.2) is 5.16 Å². The summed E-state index contributed by atoms with van der Waals surface area (Å²) in [5.41, 5.74) is 8.71. The highest BCUT2D eigenvalue weighted by molar-refractivity contribution is 5.72. The average Bonchev–Trinajstić information content (AvgIpc) is 2.53. The van der Waals surface area contributed by atoms with Crippen LogP contribution in [0.5, 0.6) is 0 Å². The van der Waals surface area contributed by atoms with Crippen molar-refractivity contribution in [2.24, 2.45) is 0 Å². The van der Waals surface area contributed by atoms with Gasteiger partial charge < -0.3 is 10.3 Å². The minimum Gasteiger partial charge on any atom is -0.380 e. The third kappa shape index (κ3) is 1.40. The number of anilines is 1. The van der Waals surface area contributed by atoms with Crippen molar-refractivity contribution in [3.63, 3.8) is 0 Å². The lowest BCUT2D eigenvalue weighted by Crippen LogP contribution is -1.86.